The molecule has 1 N–H and O–H groups in total. The van der Waals surface area contributed by atoms with Crippen LogP contribution in [0.25, 0.3) is 22.3 Å². The van der Waals surface area contributed by atoms with E-state index in [0.29, 0.717) is 52.1 Å². The minimum absolute atomic E-state index is 0.0369. The summed E-state index contributed by atoms with van der Waals surface area (Å²) < 4.78 is 15.2. The predicted molar refractivity (Wildman–Crippen MR) is 146 cm³/mol. The van der Waals surface area contributed by atoms with Crippen molar-refractivity contribution in [2.75, 3.05) is 19.6 Å². The molecule has 0 bridgehead atoms. The average Bonchev–Trinajstić information content (AvgIpc) is 2.82. The van der Waals surface area contributed by atoms with Gasteiger partial charge in [0.05, 0.1) is 10.9 Å². The molecule has 6 nitrogen and oxygen atoms in total. The van der Waals surface area contributed by atoms with Crippen LogP contribution in [0.2, 0.25) is 5.02 Å². The highest BCUT2D eigenvalue weighted by atomic mass is 35.5. The largest absolute Gasteiger partial charge is 0.352 e. The van der Waals surface area contributed by atoms with E-state index in [4.69, 9.17) is 16.6 Å². The van der Waals surface area contributed by atoms with E-state index in [2.05, 4.69) is 16.3 Å². The molecule has 1 aliphatic carbocycles. The molecule has 5 rings (SSSR count). The number of fused-ring (bicyclic) bond motifs is 1. The minimum Gasteiger partial charge on any atom is -0.352 e. The Balaban J connectivity index is 1.42. The molecule has 2 aliphatic rings. The Hall–Kier alpha value is -2.77. The molecule has 1 saturated carbocycles. The second-order valence-corrected chi connectivity index (χ2v) is 11.3. The number of nitrogens with zero attached hydrogens (tertiary/aromatic N) is 3. The maximum absolute atomic E-state index is 13.8. The third kappa shape index (κ3) is 5.88. The van der Waals surface area contributed by atoms with Crippen LogP contribution in [0.1, 0.15) is 51.0 Å². The van der Waals surface area contributed by atoms with E-state index in [1.54, 1.807) is 18.2 Å². The summed E-state index contributed by atoms with van der Waals surface area (Å²) in [5.41, 5.74) is 2.17. The zero-order chi connectivity index (χ0) is 26.1. The van der Waals surface area contributed by atoms with Crippen LogP contribution in [0.4, 0.5) is 4.39 Å². The van der Waals surface area contributed by atoms with Crippen molar-refractivity contribution in [1.82, 2.24) is 19.8 Å². The number of piperidine rings is 1. The highest BCUT2D eigenvalue weighted by Gasteiger charge is 2.33. The van der Waals surface area contributed by atoms with Crippen molar-refractivity contribution in [3.05, 3.63) is 63.4 Å². The van der Waals surface area contributed by atoms with Gasteiger partial charge in [0.2, 0.25) is 5.91 Å². The number of carbonyl (C=O) groups excluding carboxylic acids is 1. The molecule has 3 aromatic rings. The molecule has 1 atom stereocenters. The summed E-state index contributed by atoms with van der Waals surface area (Å²) in [5.74, 6) is 1.12. The highest BCUT2D eigenvalue weighted by molar-refractivity contribution is 6.30. The Morgan fingerprint density at radius 3 is 2.76 bits per heavy atom. The van der Waals surface area contributed by atoms with Gasteiger partial charge in [-0.05, 0) is 87.7 Å². The molecule has 1 saturated heterocycles. The minimum atomic E-state index is -0.695. The van der Waals surface area contributed by atoms with Gasteiger partial charge in [0.1, 0.15) is 18.5 Å². The van der Waals surface area contributed by atoms with E-state index in [9.17, 15) is 14.0 Å². The van der Waals surface area contributed by atoms with Crippen LogP contribution in [0.15, 0.2) is 47.3 Å². The molecular weight excluding hydrogens is 491 g/mol. The van der Waals surface area contributed by atoms with E-state index >= 15 is 0 Å². The van der Waals surface area contributed by atoms with E-state index in [-0.39, 0.29) is 24.1 Å². The lowest BCUT2D eigenvalue weighted by atomic mass is 9.71. The normalized spacial score (nSPS) is 22.2. The maximum atomic E-state index is 13.8. The number of hydrogen-bond acceptors (Lipinski definition) is 4. The summed E-state index contributed by atoms with van der Waals surface area (Å²) in [5, 5.41) is 3.91. The fourth-order valence-corrected chi connectivity index (χ4v) is 5.88. The Morgan fingerprint density at radius 2 is 2.03 bits per heavy atom. The number of hydrogen-bond donors (Lipinski definition) is 1. The molecule has 0 radical (unpaired) electrons. The van der Waals surface area contributed by atoms with Gasteiger partial charge in [-0.3, -0.25) is 14.2 Å². The smallest absolute Gasteiger partial charge is 0.262 e. The lowest BCUT2D eigenvalue weighted by Crippen LogP contribution is -2.42. The molecule has 37 heavy (non-hydrogen) atoms. The highest BCUT2D eigenvalue weighted by Crippen LogP contribution is 2.42. The van der Waals surface area contributed by atoms with Crippen molar-refractivity contribution in [2.45, 2.75) is 64.2 Å². The van der Waals surface area contributed by atoms with Crippen LogP contribution >= 0.6 is 11.6 Å². The van der Waals surface area contributed by atoms with Crippen LogP contribution in [0, 0.1) is 5.92 Å². The first-order valence-corrected chi connectivity index (χ1v) is 13.6. The number of amides is 1. The lowest BCUT2D eigenvalue weighted by molar-refractivity contribution is -0.122. The van der Waals surface area contributed by atoms with Gasteiger partial charge in [-0.1, -0.05) is 29.8 Å². The van der Waals surface area contributed by atoms with Gasteiger partial charge < -0.3 is 10.2 Å². The van der Waals surface area contributed by atoms with Crippen LogP contribution in [0.5, 0.6) is 0 Å². The van der Waals surface area contributed by atoms with Gasteiger partial charge in [0.15, 0.2) is 0 Å². The topological polar surface area (TPSA) is 67.2 Å². The molecule has 2 fully saturated rings. The van der Waals surface area contributed by atoms with Gasteiger partial charge in [0, 0.05) is 29.7 Å². The molecule has 1 amide bonds. The first kappa shape index (κ1) is 25.9. The third-order valence-corrected chi connectivity index (χ3v) is 7.72. The number of aromatic nitrogens is 2. The summed E-state index contributed by atoms with van der Waals surface area (Å²) in [6.07, 6.45) is 3.01. The van der Waals surface area contributed by atoms with E-state index in [1.807, 2.05) is 32.0 Å². The Morgan fingerprint density at radius 1 is 1.22 bits per heavy atom. The molecule has 1 unspecified atom stereocenters. The fourth-order valence-electron chi connectivity index (χ4n) is 5.69. The summed E-state index contributed by atoms with van der Waals surface area (Å²) in [6, 6.07) is 13.0. The number of benzene rings is 2. The third-order valence-electron chi connectivity index (χ3n) is 7.48. The van der Waals surface area contributed by atoms with Crippen molar-refractivity contribution < 1.29 is 9.18 Å². The monoisotopic (exact) mass is 524 g/mol. The van der Waals surface area contributed by atoms with Crippen LogP contribution in [0.3, 0.4) is 0 Å². The second kappa shape index (κ2) is 10.9. The van der Waals surface area contributed by atoms with Gasteiger partial charge in [0.25, 0.3) is 5.56 Å². The Labute approximate surface area is 221 Å². The average molecular weight is 525 g/mol. The van der Waals surface area contributed by atoms with E-state index in [1.165, 1.54) is 4.57 Å². The molecule has 8 heteroatoms. The van der Waals surface area contributed by atoms with Gasteiger partial charge >= 0.3 is 0 Å². The molecule has 1 aliphatic heterocycles. The van der Waals surface area contributed by atoms with Crippen LogP contribution < -0.4 is 10.9 Å². The summed E-state index contributed by atoms with van der Waals surface area (Å²) in [7, 11) is 0. The molecule has 0 spiro atoms. The zero-order valence-electron chi connectivity index (χ0n) is 21.4. The number of nitrogens with one attached hydrogen (secondary N) is 1. The molecule has 2 aromatic carbocycles. The lowest BCUT2D eigenvalue weighted by Gasteiger charge is -2.40. The van der Waals surface area contributed by atoms with Gasteiger partial charge in [-0.2, -0.15) is 0 Å². The van der Waals surface area contributed by atoms with Crippen molar-refractivity contribution in [1.29, 1.82) is 0 Å². The summed E-state index contributed by atoms with van der Waals surface area (Å²) in [4.78, 5) is 33.5. The van der Waals surface area contributed by atoms with E-state index < -0.39 is 6.17 Å². The van der Waals surface area contributed by atoms with Crippen molar-refractivity contribution >= 4 is 28.4 Å². The zero-order valence-corrected chi connectivity index (χ0v) is 22.2. The Bertz CT molecular complexity index is 1350. The van der Waals surface area contributed by atoms with Crippen molar-refractivity contribution in [3.8, 4) is 11.4 Å². The van der Waals surface area contributed by atoms with Crippen LogP contribution in [-0.2, 0) is 11.3 Å². The van der Waals surface area contributed by atoms with Crippen molar-refractivity contribution in [3.63, 3.8) is 0 Å². The standard InChI is InChI=1S/C29H34ClFN4O2/c1-18(2)32-27(36)17-35-28(21-5-3-6-23(30)13-21)33-26-9-8-20(14-25(26)29(35)37)22-11-19(12-22)15-34-10-4-7-24(31)16-34/h3,5-6,8-9,13-14,18-19,22,24H,4,7,10-12,15-17H2,1-2H3,(H,32,36)/t19-,22-,24?. The van der Waals surface area contributed by atoms with Crippen LogP contribution in [-0.4, -0.2) is 52.2 Å². The summed E-state index contributed by atoms with van der Waals surface area (Å²) >= 11 is 6.22. The predicted octanol–water partition coefficient (Wildman–Crippen LogP) is 5.17. The molecule has 196 valence electrons. The maximum Gasteiger partial charge on any atom is 0.262 e. The first-order chi connectivity index (χ1) is 17.8. The number of alkyl halides is 1. The molecular formula is C29H34ClFN4O2. The molecule has 2 heterocycles. The van der Waals surface area contributed by atoms with Gasteiger partial charge in [-0.15, -0.1) is 0 Å². The summed E-state index contributed by atoms with van der Waals surface area (Å²) in [6.45, 7) is 6.15. The SMILES string of the molecule is CC(C)NC(=O)Cn1c(-c2cccc(Cl)c2)nc2ccc([C@H]3C[C@H](CN4CCCC(F)C4)C3)cc2c1=O. The number of rotatable bonds is 7. The first-order valence-electron chi connectivity index (χ1n) is 13.2. The van der Waals surface area contributed by atoms with E-state index in [0.717, 1.165) is 37.9 Å². The Kier molecular flexibility index (Phi) is 7.63. The second-order valence-electron chi connectivity index (χ2n) is 10.9. The number of likely N-dealkylation sites (tertiary alicyclic amines) is 1. The number of halogens is 2. The van der Waals surface area contributed by atoms with Gasteiger partial charge in [-0.25, -0.2) is 9.37 Å². The van der Waals surface area contributed by atoms with Crippen molar-refractivity contribution in [2.24, 2.45) is 5.92 Å². The number of carbonyl (C=O) groups is 1. The fraction of sp³-hybridized carbons (Fsp3) is 0.483. The molecule has 1 aromatic heterocycles. The quantitative estimate of drug-likeness (QED) is 0.463.